The summed E-state index contributed by atoms with van der Waals surface area (Å²) in [4.78, 5) is 48.2. The minimum atomic E-state index is -1.37. The molecule has 0 rings (SSSR count). The van der Waals surface area contributed by atoms with Crippen LogP contribution in [0.5, 0.6) is 0 Å². The molecule has 2 atom stereocenters. The Morgan fingerprint density at radius 3 is 1.43 bits per heavy atom. The summed E-state index contributed by atoms with van der Waals surface area (Å²) in [6.07, 6.45) is 24.4. The lowest BCUT2D eigenvalue weighted by molar-refractivity contribution is -0.151. The number of esters is 1. The summed E-state index contributed by atoms with van der Waals surface area (Å²) < 4.78 is 5.77. The molecule has 276 valence electrons. The molecule has 0 aliphatic heterocycles. The van der Waals surface area contributed by atoms with Crippen LogP contribution in [0.3, 0.4) is 0 Å². The van der Waals surface area contributed by atoms with E-state index >= 15 is 0 Å². The van der Waals surface area contributed by atoms with E-state index in [2.05, 4.69) is 38.3 Å². The number of carboxylic acid groups (broad SMARTS) is 1. The number of hydrogen-bond acceptors (Lipinski definition) is 6. The van der Waals surface area contributed by atoms with Crippen LogP contribution in [0.25, 0.3) is 0 Å². The van der Waals surface area contributed by atoms with Crippen molar-refractivity contribution in [3.8, 4) is 0 Å². The van der Waals surface area contributed by atoms with Crippen LogP contribution in [0.4, 0.5) is 0 Å². The molecule has 0 aliphatic carbocycles. The van der Waals surface area contributed by atoms with Crippen LogP contribution in [0.15, 0.2) is 0 Å². The highest BCUT2D eigenvalue weighted by Gasteiger charge is 2.20. The number of ether oxygens (including phenoxy) is 1. The van der Waals surface area contributed by atoms with Crippen molar-refractivity contribution in [2.75, 3.05) is 13.2 Å². The number of amides is 2. The summed E-state index contributed by atoms with van der Waals surface area (Å²) in [5.41, 5.74) is 0. The summed E-state index contributed by atoms with van der Waals surface area (Å²) in [7, 11) is 0. The van der Waals surface area contributed by atoms with Crippen LogP contribution in [0.2, 0.25) is 0 Å². The molecular formula is C38H72N2O7. The normalized spacial score (nSPS) is 12.7. The second-order valence-electron chi connectivity index (χ2n) is 14.3. The van der Waals surface area contributed by atoms with E-state index in [4.69, 9.17) is 14.9 Å². The van der Waals surface area contributed by atoms with Gasteiger partial charge in [-0.2, -0.15) is 0 Å². The van der Waals surface area contributed by atoms with E-state index in [1.165, 1.54) is 89.9 Å². The molecular weight excluding hydrogens is 596 g/mol. The van der Waals surface area contributed by atoms with Crippen LogP contribution in [0.1, 0.15) is 182 Å². The number of aliphatic carboxylic acids is 1. The molecule has 0 saturated carbocycles. The zero-order chi connectivity index (χ0) is 35.1. The molecule has 4 N–H and O–H groups in total. The highest BCUT2D eigenvalue weighted by Crippen LogP contribution is 2.17. The van der Waals surface area contributed by atoms with Gasteiger partial charge in [0.05, 0.1) is 13.0 Å². The van der Waals surface area contributed by atoms with Crippen LogP contribution < -0.4 is 10.6 Å². The summed E-state index contributed by atoms with van der Waals surface area (Å²) >= 11 is 0. The predicted molar refractivity (Wildman–Crippen MR) is 190 cm³/mol. The Hall–Kier alpha value is -2.16. The fourth-order valence-electron chi connectivity index (χ4n) is 5.72. The van der Waals surface area contributed by atoms with Crippen molar-refractivity contribution in [2.24, 2.45) is 11.8 Å². The highest BCUT2D eigenvalue weighted by atomic mass is 16.5. The second-order valence-corrected chi connectivity index (χ2v) is 14.3. The molecule has 1 unspecified atom stereocenters. The monoisotopic (exact) mass is 669 g/mol. The van der Waals surface area contributed by atoms with Gasteiger partial charge in [0.2, 0.25) is 11.8 Å². The minimum absolute atomic E-state index is 0.0263. The van der Waals surface area contributed by atoms with Crippen molar-refractivity contribution in [1.82, 2.24) is 10.6 Å². The summed E-state index contributed by atoms with van der Waals surface area (Å²) in [5.74, 6) is -0.887. The first kappa shape index (κ1) is 44.8. The molecule has 0 radical (unpaired) electrons. The number of nitrogens with one attached hydrogen (secondary N) is 2. The number of aliphatic hydroxyl groups excluding tert-OH is 1. The number of carbonyl (C=O) groups is 4. The lowest BCUT2D eigenvalue weighted by atomic mass is 10.0. The van der Waals surface area contributed by atoms with Crippen LogP contribution >= 0.6 is 0 Å². The van der Waals surface area contributed by atoms with Gasteiger partial charge in [0.1, 0.15) is 12.1 Å². The fraction of sp³-hybridized carbons (Fsp3) is 0.895. The topological polar surface area (TPSA) is 142 Å². The average Bonchev–Trinajstić information content (AvgIpc) is 3.00. The molecule has 9 heteroatoms. The predicted octanol–water partition coefficient (Wildman–Crippen LogP) is 8.25. The quantitative estimate of drug-likeness (QED) is 0.0407. The average molecular weight is 669 g/mol. The lowest BCUT2D eigenvalue weighted by Crippen LogP contribution is -2.44. The number of rotatable bonds is 33. The lowest BCUT2D eigenvalue weighted by Gasteiger charge is -2.18. The number of carbonyl (C=O) groups excluding carboxylic acids is 3. The third kappa shape index (κ3) is 30.9. The molecule has 0 aromatic heterocycles. The van der Waals surface area contributed by atoms with Gasteiger partial charge >= 0.3 is 11.9 Å². The molecule has 2 amide bonds. The van der Waals surface area contributed by atoms with Gasteiger partial charge in [0.25, 0.3) is 0 Å². The molecule has 0 aromatic carbocycles. The molecule has 47 heavy (non-hydrogen) atoms. The summed E-state index contributed by atoms with van der Waals surface area (Å²) in [5, 5.41) is 22.9. The van der Waals surface area contributed by atoms with Crippen molar-refractivity contribution in [3.05, 3.63) is 0 Å². The Labute approximate surface area is 287 Å². The maximum Gasteiger partial charge on any atom is 0.328 e. The maximum atomic E-state index is 12.7. The molecule has 0 saturated heterocycles. The second kappa shape index (κ2) is 31.1. The number of carboxylic acids is 1. The Morgan fingerprint density at radius 2 is 1.00 bits per heavy atom. The number of unbranched alkanes of at least 4 members (excludes halogenated alkanes) is 16. The largest absolute Gasteiger partial charge is 0.480 e. The Kier molecular flexibility index (Phi) is 29.7. The van der Waals surface area contributed by atoms with E-state index in [0.717, 1.165) is 50.4 Å². The van der Waals surface area contributed by atoms with Crippen molar-refractivity contribution in [3.63, 3.8) is 0 Å². The first-order valence-corrected chi connectivity index (χ1v) is 19.1. The first-order chi connectivity index (χ1) is 22.5. The van der Waals surface area contributed by atoms with Gasteiger partial charge in [0, 0.05) is 19.4 Å². The van der Waals surface area contributed by atoms with Crippen molar-refractivity contribution in [2.45, 2.75) is 194 Å². The third-order valence-electron chi connectivity index (χ3n) is 8.67. The molecule has 0 bridgehead atoms. The van der Waals surface area contributed by atoms with Gasteiger partial charge in [-0.15, -0.1) is 0 Å². The van der Waals surface area contributed by atoms with Gasteiger partial charge < -0.3 is 25.6 Å². The fourth-order valence-corrected chi connectivity index (χ4v) is 5.72. The van der Waals surface area contributed by atoms with Gasteiger partial charge in [-0.1, -0.05) is 143 Å². The third-order valence-corrected chi connectivity index (χ3v) is 8.67. The van der Waals surface area contributed by atoms with Gasteiger partial charge in [-0.25, -0.2) is 4.79 Å². The molecule has 0 aromatic rings. The smallest absolute Gasteiger partial charge is 0.328 e. The van der Waals surface area contributed by atoms with Crippen LogP contribution in [-0.2, 0) is 23.9 Å². The number of aliphatic hydroxyl groups is 1. The minimum Gasteiger partial charge on any atom is -0.480 e. The summed E-state index contributed by atoms with van der Waals surface area (Å²) in [6, 6.07) is -1.37. The van der Waals surface area contributed by atoms with Crippen molar-refractivity contribution in [1.29, 1.82) is 0 Å². The van der Waals surface area contributed by atoms with E-state index < -0.39 is 30.6 Å². The van der Waals surface area contributed by atoms with Gasteiger partial charge in [0.15, 0.2) is 0 Å². The van der Waals surface area contributed by atoms with E-state index in [1.807, 2.05) is 0 Å². The van der Waals surface area contributed by atoms with Gasteiger partial charge in [-0.3, -0.25) is 14.4 Å². The number of hydrogen-bond donors (Lipinski definition) is 4. The van der Waals surface area contributed by atoms with Gasteiger partial charge in [-0.05, 0) is 31.1 Å². The van der Waals surface area contributed by atoms with E-state index in [-0.39, 0.29) is 31.3 Å². The molecule has 0 spiro atoms. The maximum absolute atomic E-state index is 12.7. The molecule has 0 aliphatic rings. The van der Waals surface area contributed by atoms with Crippen molar-refractivity contribution < 1.29 is 34.1 Å². The molecule has 9 nitrogen and oxygen atoms in total. The SMILES string of the molecule is CC(C)CCCCCCCCCCCC(=O)OC(CCCCCCCCCCCC(C)C)CC(=O)NCCC(=O)N[C@@H](CO)C(=O)O. The van der Waals surface area contributed by atoms with Crippen molar-refractivity contribution >= 4 is 23.8 Å². The Morgan fingerprint density at radius 1 is 0.574 bits per heavy atom. The van der Waals surface area contributed by atoms with E-state index in [0.29, 0.717) is 12.8 Å². The van der Waals surface area contributed by atoms with E-state index in [1.54, 1.807) is 0 Å². The Bertz CT molecular complexity index is 803. The van der Waals surface area contributed by atoms with E-state index in [9.17, 15) is 19.2 Å². The molecule has 0 fully saturated rings. The standard InChI is InChI=1S/C38H72N2O7/c1-31(2)23-19-15-11-7-5-9-13-17-21-25-33(29-36(43)39-28-27-35(42)40-34(30-41)38(45)46)47-37(44)26-22-18-14-10-6-8-12-16-20-24-32(3)4/h31-34,41H,5-30H2,1-4H3,(H,39,43)(H,40,42)(H,45,46)/t33?,34-/m0/s1. The molecule has 0 heterocycles. The summed E-state index contributed by atoms with van der Waals surface area (Å²) in [6.45, 7) is 8.43. The first-order valence-electron chi connectivity index (χ1n) is 19.1. The van der Waals surface area contributed by atoms with Crippen LogP contribution in [-0.4, -0.2) is 59.3 Å². The Balaban J connectivity index is 4.42. The zero-order valence-electron chi connectivity index (χ0n) is 30.6. The zero-order valence-corrected chi connectivity index (χ0v) is 30.6. The van der Waals surface area contributed by atoms with Crippen LogP contribution in [0, 0.1) is 11.8 Å². The highest BCUT2D eigenvalue weighted by molar-refractivity contribution is 5.84.